The third kappa shape index (κ3) is 5.77. The molecule has 0 spiro atoms. The molecule has 144 valence electrons. The average molecular weight is 387 g/mol. The maximum atomic E-state index is 12.7. The molecule has 1 saturated heterocycles. The molecule has 0 radical (unpaired) electrons. The Hall–Kier alpha value is 0.0700. The molecule has 0 bridgehead atoms. The highest BCUT2D eigenvalue weighted by Crippen LogP contribution is 2.35. The van der Waals surface area contributed by atoms with Gasteiger partial charge < -0.3 is 10.6 Å². The Labute approximate surface area is 162 Å². The molecule has 25 heavy (non-hydrogen) atoms. The molecule has 2 N–H and O–H groups in total. The number of amides is 1. The molecule has 0 aromatic rings. The summed E-state index contributed by atoms with van der Waals surface area (Å²) in [5.74, 6) is 1.08. The van der Waals surface area contributed by atoms with Crippen molar-refractivity contribution in [2.75, 3.05) is 12.8 Å². The lowest BCUT2D eigenvalue weighted by atomic mass is 9.80. The Balaban J connectivity index is 1.39. The second-order valence-corrected chi connectivity index (χ2v) is 10.1. The van der Waals surface area contributed by atoms with Crippen molar-refractivity contribution in [1.82, 2.24) is 10.6 Å². The molecule has 2 saturated carbocycles. The van der Waals surface area contributed by atoms with Gasteiger partial charge in [0.15, 0.2) is 0 Å². The van der Waals surface area contributed by atoms with Gasteiger partial charge in [-0.1, -0.05) is 6.42 Å². The van der Waals surface area contributed by atoms with E-state index in [1.165, 1.54) is 45.1 Å². The van der Waals surface area contributed by atoms with Gasteiger partial charge in [-0.2, -0.15) is 11.8 Å². The van der Waals surface area contributed by atoms with Crippen LogP contribution in [-0.4, -0.2) is 41.4 Å². The van der Waals surface area contributed by atoms with E-state index in [1.807, 2.05) is 11.8 Å². The number of hydrogen-bond acceptors (Lipinski definition) is 3. The second-order valence-electron chi connectivity index (χ2n) is 8.40. The Morgan fingerprint density at radius 1 is 1.12 bits per heavy atom. The minimum absolute atomic E-state index is 0.0111. The number of hydrogen-bond donors (Lipinski definition) is 2. The van der Waals surface area contributed by atoms with Crippen molar-refractivity contribution in [2.24, 2.45) is 11.8 Å². The highest BCUT2D eigenvalue weighted by molar-refractivity contribution is 7.99. The maximum absolute atomic E-state index is 12.7. The molecule has 1 aliphatic heterocycles. The van der Waals surface area contributed by atoms with E-state index in [1.54, 1.807) is 0 Å². The fourth-order valence-corrected chi connectivity index (χ4v) is 6.07. The largest absolute Gasteiger partial charge is 0.353 e. The second kappa shape index (κ2) is 9.85. The zero-order valence-electron chi connectivity index (χ0n) is 15.6. The first-order valence-electron chi connectivity index (χ1n) is 10.4. The fraction of sp³-hybridized carbons (Fsp3) is 0.950. The van der Waals surface area contributed by atoms with E-state index >= 15 is 0 Å². The van der Waals surface area contributed by atoms with Crippen LogP contribution in [-0.2, 0) is 4.79 Å². The van der Waals surface area contributed by atoms with Crippen molar-refractivity contribution in [3.8, 4) is 0 Å². The van der Waals surface area contributed by atoms with Crippen molar-refractivity contribution < 1.29 is 4.79 Å². The summed E-state index contributed by atoms with van der Waals surface area (Å²) in [6.45, 7) is 1.20. The summed E-state index contributed by atoms with van der Waals surface area (Å²) >= 11 is 8.36. The number of halogens is 1. The molecule has 1 amide bonds. The highest BCUT2D eigenvalue weighted by Gasteiger charge is 2.35. The number of carbonyl (C=O) groups is 1. The maximum Gasteiger partial charge on any atom is 0.224 e. The predicted octanol–water partition coefficient (Wildman–Crippen LogP) is 4.33. The third-order valence-corrected chi connectivity index (χ3v) is 8.23. The summed E-state index contributed by atoms with van der Waals surface area (Å²) in [6.07, 6.45) is 15.5. The van der Waals surface area contributed by atoms with Gasteiger partial charge in [-0.3, -0.25) is 4.79 Å². The molecule has 5 heteroatoms. The van der Waals surface area contributed by atoms with E-state index < -0.39 is 0 Å². The first-order chi connectivity index (χ1) is 12.2. The highest BCUT2D eigenvalue weighted by atomic mass is 35.5. The fourth-order valence-electron chi connectivity index (χ4n) is 4.96. The Kier molecular flexibility index (Phi) is 7.81. The minimum atomic E-state index is 0.0111. The molecule has 1 heterocycles. The first-order valence-corrected chi connectivity index (χ1v) is 12.1. The van der Waals surface area contributed by atoms with Crippen molar-refractivity contribution in [1.29, 1.82) is 0 Å². The van der Waals surface area contributed by atoms with Gasteiger partial charge in [0.25, 0.3) is 0 Å². The molecule has 2 aliphatic carbocycles. The van der Waals surface area contributed by atoms with Gasteiger partial charge in [0, 0.05) is 22.7 Å². The van der Waals surface area contributed by atoms with E-state index in [9.17, 15) is 4.79 Å². The summed E-state index contributed by atoms with van der Waals surface area (Å²) in [5, 5.41) is 7.65. The summed E-state index contributed by atoms with van der Waals surface area (Å²) < 4.78 is 0. The Bertz CT molecular complexity index is 422. The van der Waals surface area contributed by atoms with Crippen LogP contribution < -0.4 is 10.6 Å². The van der Waals surface area contributed by atoms with E-state index in [0.29, 0.717) is 11.3 Å². The van der Waals surface area contributed by atoms with Gasteiger partial charge in [0.2, 0.25) is 5.91 Å². The van der Waals surface area contributed by atoms with Crippen LogP contribution in [0.3, 0.4) is 0 Å². The molecule has 0 aromatic heterocycles. The summed E-state index contributed by atoms with van der Waals surface area (Å²) in [4.78, 5) is 12.7. The number of nitrogens with one attached hydrogen (secondary N) is 2. The minimum Gasteiger partial charge on any atom is -0.353 e. The summed E-state index contributed by atoms with van der Waals surface area (Å²) in [5.41, 5.74) is 0. The molecule has 4 atom stereocenters. The molecule has 3 aliphatic rings. The van der Waals surface area contributed by atoms with Crippen LogP contribution in [0.25, 0.3) is 0 Å². The predicted molar refractivity (Wildman–Crippen MR) is 108 cm³/mol. The van der Waals surface area contributed by atoms with Crippen LogP contribution in [0, 0.1) is 11.8 Å². The van der Waals surface area contributed by atoms with Gasteiger partial charge >= 0.3 is 0 Å². The number of piperidine rings is 1. The molecule has 0 aromatic carbocycles. The zero-order valence-corrected chi connectivity index (χ0v) is 17.2. The zero-order chi connectivity index (χ0) is 17.6. The normalized spacial score (nSPS) is 39.8. The van der Waals surface area contributed by atoms with Gasteiger partial charge in [-0.05, 0) is 82.9 Å². The van der Waals surface area contributed by atoms with Crippen LogP contribution in [0.15, 0.2) is 0 Å². The number of carbonyl (C=O) groups excluding carboxylic acids is 1. The van der Waals surface area contributed by atoms with Crippen LogP contribution in [0.1, 0.15) is 70.6 Å². The summed E-state index contributed by atoms with van der Waals surface area (Å²) in [7, 11) is 0. The van der Waals surface area contributed by atoms with Crippen LogP contribution in [0.4, 0.5) is 0 Å². The topological polar surface area (TPSA) is 41.1 Å². The molecular formula is C20H35ClN2OS. The lowest BCUT2D eigenvalue weighted by Crippen LogP contribution is -2.45. The first kappa shape index (κ1) is 19.8. The van der Waals surface area contributed by atoms with Crippen LogP contribution >= 0.6 is 23.4 Å². The quantitative estimate of drug-likeness (QED) is 0.691. The number of thioether (sulfide) groups is 1. The van der Waals surface area contributed by atoms with Gasteiger partial charge in [-0.25, -0.2) is 0 Å². The third-order valence-electron chi connectivity index (χ3n) is 6.61. The van der Waals surface area contributed by atoms with Gasteiger partial charge in [-0.15, -0.1) is 11.6 Å². The molecule has 3 nitrogen and oxygen atoms in total. The smallest absolute Gasteiger partial charge is 0.224 e. The SMILES string of the molecule is CSC1CCC(Cl)C(C(=O)NC2CCC(CC3CCCCN3)CC2)C1. The van der Waals surface area contributed by atoms with Crippen LogP contribution in [0.5, 0.6) is 0 Å². The Morgan fingerprint density at radius 2 is 1.92 bits per heavy atom. The van der Waals surface area contributed by atoms with Crippen molar-refractivity contribution in [3.05, 3.63) is 0 Å². The average Bonchev–Trinajstić information content (AvgIpc) is 2.64. The van der Waals surface area contributed by atoms with E-state index in [2.05, 4.69) is 16.9 Å². The van der Waals surface area contributed by atoms with E-state index in [0.717, 1.165) is 44.1 Å². The van der Waals surface area contributed by atoms with E-state index in [4.69, 9.17) is 11.6 Å². The van der Waals surface area contributed by atoms with Crippen molar-refractivity contribution >= 4 is 29.3 Å². The lowest BCUT2D eigenvalue weighted by Gasteiger charge is -2.35. The van der Waals surface area contributed by atoms with Gasteiger partial charge in [0.05, 0.1) is 5.92 Å². The molecule has 4 unspecified atom stereocenters. The number of rotatable bonds is 5. The Morgan fingerprint density at radius 3 is 2.60 bits per heavy atom. The van der Waals surface area contributed by atoms with Gasteiger partial charge in [0.1, 0.15) is 0 Å². The molecule has 3 fully saturated rings. The molecule has 3 rings (SSSR count). The lowest BCUT2D eigenvalue weighted by molar-refractivity contribution is -0.126. The summed E-state index contributed by atoms with van der Waals surface area (Å²) in [6, 6.07) is 1.12. The monoisotopic (exact) mass is 386 g/mol. The molecular weight excluding hydrogens is 352 g/mol. The van der Waals surface area contributed by atoms with E-state index in [-0.39, 0.29) is 17.2 Å². The van der Waals surface area contributed by atoms with Crippen molar-refractivity contribution in [2.45, 2.75) is 93.3 Å². The number of alkyl halides is 1. The standard InChI is InChI=1S/C20H35ClN2OS/c1-25-17-9-10-19(21)18(13-17)20(24)23-15-7-5-14(6-8-15)12-16-4-2-3-11-22-16/h14-19,22H,2-13H2,1H3,(H,23,24). The van der Waals surface area contributed by atoms with Crippen molar-refractivity contribution in [3.63, 3.8) is 0 Å². The van der Waals surface area contributed by atoms with Crippen LogP contribution in [0.2, 0.25) is 0 Å².